The van der Waals surface area contributed by atoms with E-state index in [-0.39, 0.29) is 17.8 Å². The summed E-state index contributed by atoms with van der Waals surface area (Å²) in [6, 6.07) is -0.0252. The number of rotatable bonds is 6. The molecule has 1 rings (SSSR count). The lowest BCUT2D eigenvalue weighted by Crippen LogP contribution is -2.55. The number of carbonyl (C=O) groups is 1. The molecule has 0 bridgehead atoms. The van der Waals surface area contributed by atoms with E-state index < -0.39 is 5.41 Å². The van der Waals surface area contributed by atoms with E-state index in [1.807, 2.05) is 13.8 Å². The van der Waals surface area contributed by atoms with E-state index in [1.54, 1.807) is 12.0 Å². The van der Waals surface area contributed by atoms with Crippen LogP contribution in [0.3, 0.4) is 0 Å². The highest BCUT2D eigenvalue weighted by atomic mass is 16.5. The van der Waals surface area contributed by atoms with E-state index in [1.165, 1.54) is 0 Å². The van der Waals surface area contributed by atoms with Crippen LogP contribution in [0.25, 0.3) is 0 Å². The first kappa shape index (κ1) is 16.8. The third kappa shape index (κ3) is 3.23. The fraction of sp³-hybridized carbons (Fsp3) is 0.857. The molecular weight excluding hydrogens is 258 g/mol. The fourth-order valence-corrected chi connectivity index (χ4v) is 3.09. The molecule has 1 aliphatic carbocycles. The first-order valence-corrected chi connectivity index (χ1v) is 7.31. The zero-order valence-corrected chi connectivity index (χ0v) is 12.8. The van der Waals surface area contributed by atoms with Crippen molar-refractivity contribution in [1.82, 2.24) is 4.90 Å². The van der Waals surface area contributed by atoms with Gasteiger partial charge in [0.15, 0.2) is 5.84 Å². The maximum atomic E-state index is 13.0. The number of nitrogens with two attached hydrogens (primary N) is 1. The van der Waals surface area contributed by atoms with E-state index in [4.69, 9.17) is 15.7 Å². The van der Waals surface area contributed by atoms with Gasteiger partial charge >= 0.3 is 0 Å². The Morgan fingerprint density at radius 1 is 1.45 bits per heavy atom. The van der Waals surface area contributed by atoms with Gasteiger partial charge in [-0.1, -0.05) is 24.4 Å². The van der Waals surface area contributed by atoms with Crippen LogP contribution in [0, 0.1) is 5.41 Å². The minimum atomic E-state index is -0.842. The van der Waals surface area contributed by atoms with Crippen molar-refractivity contribution >= 4 is 11.7 Å². The average molecular weight is 285 g/mol. The third-order valence-electron chi connectivity index (χ3n) is 4.26. The van der Waals surface area contributed by atoms with E-state index >= 15 is 0 Å². The summed E-state index contributed by atoms with van der Waals surface area (Å²) >= 11 is 0. The van der Waals surface area contributed by atoms with Gasteiger partial charge in [0.25, 0.3) is 0 Å². The zero-order valence-electron chi connectivity index (χ0n) is 12.8. The van der Waals surface area contributed by atoms with Gasteiger partial charge in [0.05, 0.1) is 12.6 Å². The number of oxime groups is 1. The van der Waals surface area contributed by atoms with Crippen molar-refractivity contribution < 1.29 is 14.7 Å². The highest BCUT2D eigenvalue weighted by Gasteiger charge is 2.46. The van der Waals surface area contributed by atoms with Crippen LogP contribution in [-0.4, -0.2) is 48.2 Å². The number of methoxy groups -OCH3 is 1. The molecule has 0 spiro atoms. The summed E-state index contributed by atoms with van der Waals surface area (Å²) in [5.74, 6) is 0.00446. The number of carbonyl (C=O) groups excluding carboxylic acids is 1. The quantitative estimate of drug-likeness (QED) is 0.335. The Morgan fingerprint density at radius 3 is 2.50 bits per heavy atom. The molecule has 6 nitrogen and oxygen atoms in total. The standard InChI is InChI=1S/C14H27N3O3/c1-4-17(11(2)10-20-3)13(18)14(12(15)16-19)8-6-5-7-9-14/h11,19H,4-10H2,1-3H3,(H2,15,16). The van der Waals surface area contributed by atoms with E-state index in [2.05, 4.69) is 5.16 Å². The second-order valence-corrected chi connectivity index (χ2v) is 5.52. The van der Waals surface area contributed by atoms with Crippen molar-refractivity contribution in [2.75, 3.05) is 20.3 Å². The SMILES string of the molecule is CCN(C(=O)C1(C(N)=NO)CCCCC1)C(C)COC. The maximum Gasteiger partial charge on any atom is 0.236 e. The van der Waals surface area contributed by atoms with Gasteiger partial charge in [-0.15, -0.1) is 0 Å². The van der Waals surface area contributed by atoms with Crippen molar-refractivity contribution in [3.63, 3.8) is 0 Å². The molecule has 1 fully saturated rings. The van der Waals surface area contributed by atoms with Gasteiger partial charge in [0.2, 0.25) is 5.91 Å². The summed E-state index contributed by atoms with van der Waals surface area (Å²) in [4.78, 5) is 14.7. The lowest BCUT2D eigenvalue weighted by atomic mass is 9.72. The highest BCUT2D eigenvalue weighted by molar-refractivity contribution is 6.06. The molecule has 0 radical (unpaired) electrons. The number of amidine groups is 1. The first-order chi connectivity index (χ1) is 9.53. The molecular formula is C14H27N3O3. The maximum absolute atomic E-state index is 13.0. The smallest absolute Gasteiger partial charge is 0.236 e. The van der Waals surface area contributed by atoms with Gasteiger partial charge in [-0.2, -0.15) is 0 Å². The number of amides is 1. The third-order valence-corrected chi connectivity index (χ3v) is 4.26. The molecule has 1 amide bonds. The number of hydrogen-bond donors (Lipinski definition) is 2. The molecule has 1 aliphatic rings. The molecule has 3 N–H and O–H groups in total. The Labute approximate surface area is 120 Å². The summed E-state index contributed by atoms with van der Waals surface area (Å²) in [5.41, 5.74) is 5.03. The average Bonchev–Trinajstić information content (AvgIpc) is 2.48. The topological polar surface area (TPSA) is 88.2 Å². The van der Waals surface area contributed by atoms with Crippen molar-refractivity contribution in [2.45, 2.75) is 52.0 Å². The zero-order chi connectivity index (χ0) is 15.2. The van der Waals surface area contributed by atoms with Crippen LogP contribution in [0.2, 0.25) is 0 Å². The van der Waals surface area contributed by atoms with E-state index in [0.29, 0.717) is 26.0 Å². The molecule has 6 heteroatoms. The Bertz CT molecular complexity index is 352. The van der Waals surface area contributed by atoms with Gasteiger partial charge in [-0.3, -0.25) is 4.79 Å². The van der Waals surface area contributed by atoms with Crippen LogP contribution < -0.4 is 5.73 Å². The molecule has 0 heterocycles. The first-order valence-electron chi connectivity index (χ1n) is 7.31. The predicted molar refractivity (Wildman–Crippen MR) is 77.7 cm³/mol. The molecule has 20 heavy (non-hydrogen) atoms. The van der Waals surface area contributed by atoms with Crippen LogP contribution in [0.15, 0.2) is 5.16 Å². The van der Waals surface area contributed by atoms with Gasteiger partial charge in [0, 0.05) is 13.7 Å². The summed E-state index contributed by atoms with van der Waals surface area (Å²) in [6.45, 7) is 4.95. The molecule has 0 aromatic carbocycles. The Hall–Kier alpha value is -1.30. The van der Waals surface area contributed by atoms with Crippen LogP contribution in [0.4, 0.5) is 0 Å². The van der Waals surface area contributed by atoms with Crippen molar-refractivity contribution in [1.29, 1.82) is 0 Å². The molecule has 0 saturated heterocycles. The molecule has 1 unspecified atom stereocenters. The molecule has 1 atom stereocenters. The van der Waals surface area contributed by atoms with Crippen LogP contribution in [0.5, 0.6) is 0 Å². The van der Waals surface area contributed by atoms with Gasteiger partial charge in [-0.25, -0.2) is 0 Å². The van der Waals surface area contributed by atoms with Crippen molar-refractivity contribution in [3.8, 4) is 0 Å². The molecule has 0 aromatic heterocycles. The lowest BCUT2D eigenvalue weighted by Gasteiger charge is -2.40. The predicted octanol–water partition coefficient (Wildman–Crippen LogP) is 1.57. The van der Waals surface area contributed by atoms with Crippen LogP contribution in [-0.2, 0) is 9.53 Å². The largest absolute Gasteiger partial charge is 0.409 e. The van der Waals surface area contributed by atoms with Gasteiger partial charge < -0.3 is 20.6 Å². The monoisotopic (exact) mass is 285 g/mol. The second-order valence-electron chi connectivity index (χ2n) is 5.52. The Balaban J connectivity index is 3.03. The van der Waals surface area contributed by atoms with Crippen LogP contribution >= 0.6 is 0 Å². The fourth-order valence-electron chi connectivity index (χ4n) is 3.09. The molecule has 1 saturated carbocycles. The van der Waals surface area contributed by atoms with E-state index in [0.717, 1.165) is 19.3 Å². The van der Waals surface area contributed by atoms with Gasteiger partial charge in [-0.05, 0) is 26.7 Å². The Morgan fingerprint density at radius 2 is 2.05 bits per heavy atom. The number of nitrogens with zero attached hydrogens (tertiary/aromatic N) is 2. The van der Waals surface area contributed by atoms with Crippen molar-refractivity contribution in [3.05, 3.63) is 0 Å². The highest BCUT2D eigenvalue weighted by Crippen LogP contribution is 2.38. The van der Waals surface area contributed by atoms with Gasteiger partial charge in [0.1, 0.15) is 5.41 Å². The van der Waals surface area contributed by atoms with Crippen LogP contribution in [0.1, 0.15) is 46.0 Å². The van der Waals surface area contributed by atoms with E-state index in [9.17, 15) is 4.79 Å². The number of likely N-dealkylation sites (N-methyl/N-ethyl adjacent to an activating group) is 1. The minimum Gasteiger partial charge on any atom is -0.409 e. The second kappa shape index (κ2) is 7.47. The number of hydrogen-bond acceptors (Lipinski definition) is 4. The summed E-state index contributed by atoms with van der Waals surface area (Å²) in [7, 11) is 1.62. The molecule has 0 aliphatic heterocycles. The number of ether oxygens (including phenoxy) is 1. The molecule has 0 aromatic rings. The van der Waals surface area contributed by atoms with Crippen molar-refractivity contribution in [2.24, 2.45) is 16.3 Å². The molecule has 116 valence electrons. The summed E-state index contributed by atoms with van der Waals surface area (Å²) in [6.07, 6.45) is 4.25. The Kier molecular flexibility index (Phi) is 6.26. The minimum absolute atomic E-state index is 0.0252. The summed E-state index contributed by atoms with van der Waals surface area (Å²) in [5, 5.41) is 12.2. The summed E-state index contributed by atoms with van der Waals surface area (Å²) < 4.78 is 5.14. The normalized spacial score (nSPS) is 20.4. The lowest BCUT2D eigenvalue weighted by molar-refractivity contribution is -0.142.